The van der Waals surface area contributed by atoms with Crippen molar-refractivity contribution < 1.29 is 18.5 Å². The molecule has 5 aliphatic rings. The molecule has 8 heteroatoms. The van der Waals surface area contributed by atoms with Crippen LogP contribution in [0.25, 0.3) is 0 Å². The summed E-state index contributed by atoms with van der Waals surface area (Å²) in [6, 6.07) is 12.0. The summed E-state index contributed by atoms with van der Waals surface area (Å²) in [6.45, 7) is 7.06. The van der Waals surface area contributed by atoms with Crippen LogP contribution in [0.4, 0.5) is 5.69 Å². The molecule has 2 spiro atoms. The van der Waals surface area contributed by atoms with Crippen molar-refractivity contribution in [3.63, 3.8) is 0 Å². The molecule has 6 nitrogen and oxygen atoms in total. The minimum absolute atomic E-state index is 0.0838. The Labute approximate surface area is 267 Å². The molecule has 2 aromatic carbocycles. The Bertz CT molecular complexity index is 1580. The van der Waals surface area contributed by atoms with Gasteiger partial charge in [-0.1, -0.05) is 36.7 Å². The molecule has 2 bridgehead atoms. The third kappa shape index (κ3) is 5.27. The summed E-state index contributed by atoms with van der Waals surface area (Å²) >= 11 is 6.45. The van der Waals surface area contributed by atoms with Crippen molar-refractivity contribution in [2.45, 2.75) is 81.5 Å². The highest BCUT2D eigenvalue weighted by Gasteiger charge is 2.50. The Morgan fingerprint density at radius 2 is 1.98 bits per heavy atom. The summed E-state index contributed by atoms with van der Waals surface area (Å²) in [7, 11) is -2.89. The summed E-state index contributed by atoms with van der Waals surface area (Å²) < 4.78 is 29.9. The molecule has 7 rings (SSSR count). The van der Waals surface area contributed by atoms with E-state index in [-0.39, 0.29) is 28.1 Å². The van der Waals surface area contributed by atoms with Crippen LogP contribution in [0, 0.1) is 17.8 Å². The normalized spacial score (nSPS) is 37.7. The lowest BCUT2D eigenvalue weighted by Crippen LogP contribution is -2.52. The second-order valence-corrected chi connectivity index (χ2v) is 17.0. The molecule has 3 heterocycles. The maximum atomic E-state index is 13.8. The van der Waals surface area contributed by atoms with Gasteiger partial charge >= 0.3 is 0 Å². The smallest absolute Gasteiger partial charge is 0.262 e. The highest BCUT2D eigenvalue weighted by Crippen LogP contribution is 2.51. The number of benzene rings is 2. The predicted octanol–water partition coefficient (Wildman–Crippen LogP) is 6.73. The van der Waals surface area contributed by atoms with Crippen molar-refractivity contribution in [3.05, 3.63) is 70.3 Å². The number of hydrogen-bond acceptors (Lipinski definition) is 5. The van der Waals surface area contributed by atoms with E-state index >= 15 is 0 Å². The third-order valence-corrected chi connectivity index (χ3v) is 13.9. The fourth-order valence-electron chi connectivity index (χ4n) is 8.56. The molecule has 1 saturated heterocycles. The molecular weight excluding hydrogens is 592 g/mol. The summed E-state index contributed by atoms with van der Waals surface area (Å²) in [4.78, 5) is 16.1. The molecule has 1 saturated carbocycles. The molecule has 1 N–H and O–H groups in total. The van der Waals surface area contributed by atoms with Crippen molar-refractivity contribution >= 4 is 38.8 Å². The quantitative estimate of drug-likeness (QED) is 0.256. The van der Waals surface area contributed by atoms with Crippen LogP contribution in [0.15, 0.2) is 48.6 Å². The molecule has 7 atom stereocenters. The van der Waals surface area contributed by atoms with Crippen LogP contribution in [0.5, 0.6) is 5.75 Å². The van der Waals surface area contributed by atoms with Gasteiger partial charge in [-0.25, -0.2) is 4.21 Å². The van der Waals surface area contributed by atoms with Gasteiger partial charge in [-0.15, -0.1) is 0 Å². The highest BCUT2D eigenvalue weighted by molar-refractivity contribution is 7.99. The number of nitrogens with one attached hydrogen (secondary N) is 1. The van der Waals surface area contributed by atoms with E-state index in [9.17, 15) is 9.00 Å². The van der Waals surface area contributed by atoms with Gasteiger partial charge in [0.2, 0.25) is 0 Å². The maximum Gasteiger partial charge on any atom is 0.262 e. The number of halogens is 1. The number of hydrogen-bond donors (Lipinski definition) is 1. The largest absolute Gasteiger partial charge is 0.490 e. The van der Waals surface area contributed by atoms with Gasteiger partial charge in [0.15, 0.2) is 0 Å². The number of rotatable bonds is 0. The molecular formula is C36H45ClN2O4S. The van der Waals surface area contributed by atoms with Crippen molar-refractivity contribution in [1.29, 1.82) is 0 Å². The first-order valence-corrected chi connectivity index (χ1v) is 18.6. The number of amides is 1. The van der Waals surface area contributed by atoms with E-state index in [2.05, 4.69) is 46.7 Å². The van der Waals surface area contributed by atoms with Gasteiger partial charge in [0, 0.05) is 40.9 Å². The van der Waals surface area contributed by atoms with E-state index in [0.717, 1.165) is 87.5 Å². The molecule has 236 valence electrons. The van der Waals surface area contributed by atoms with E-state index in [1.54, 1.807) is 6.07 Å². The second kappa shape index (κ2) is 11.4. The second-order valence-electron chi connectivity index (χ2n) is 14.1. The van der Waals surface area contributed by atoms with Gasteiger partial charge in [0.1, 0.15) is 5.75 Å². The van der Waals surface area contributed by atoms with Crippen LogP contribution in [0.3, 0.4) is 0 Å². The van der Waals surface area contributed by atoms with E-state index in [0.29, 0.717) is 24.0 Å². The van der Waals surface area contributed by atoms with Crippen LogP contribution in [-0.2, 0) is 26.3 Å². The Morgan fingerprint density at radius 3 is 2.75 bits per heavy atom. The maximum absolute atomic E-state index is 13.8. The highest BCUT2D eigenvalue weighted by atomic mass is 35.5. The topological polar surface area (TPSA) is 67.9 Å². The lowest BCUT2D eigenvalue weighted by Gasteiger charge is -2.49. The van der Waals surface area contributed by atoms with E-state index in [1.807, 2.05) is 25.1 Å². The minimum atomic E-state index is -2.89. The molecule has 2 aliphatic carbocycles. The number of allylic oxidation sites excluding steroid dienone is 1. The first-order chi connectivity index (χ1) is 21.1. The number of carbonyl (C=O) groups excluding carboxylic acids is 1. The van der Waals surface area contributed by atoms with Crippen molar-refractivity contribution in [1.82, 2.24) is 4.72 Å². The monoisotopic (exact) mass is 636 g/mol. The van der Waals surface area contributed by atoms with Gasteiger partial charge in [-0.3, -0.25) is 9.52 Å². The van der Waals surface area contributed by atoms with Crippen LogP contribution in [0.1, 0.15) is 80.3 Å². The molecule has 0 aromatic heterocycles. The van der Waals surface area contributed by atoms with Crippen LogP contribution in [-0.4, -0.2) is 53.1 Å². The summed E-state index contributed by atoms with van der Waals surface area (Å²) in [6.07, 6.45) is 12.9. The van der Waals surface area contributed by atoms with Gasteiger partial charge < -0.3 is 14.4 Å². The van der Waals surface area contributed by atoms with E-state index < -0.39 is 9.71 Å². The summed E-state index contributed by atoms with van der Waals surface area (Å²) in [5.74, 6) is 5.44. The minimum Gasteiger partial charge on any atom is -0.490 e. The van der Waals surface area contributed by atoms with Gasteiger partial charge in [-0.05, 0) is 123 Å². The Balaban J connectivity index is 1.32. The molecule has 1 unspecified atom stereocenters. The van der Waals surface area contributed by atoms with Crippen LogP contribution in [0.2, 0.25) is 5.02 Å². The van der Waals surface area contributed by atoms with Crippen molar-refractivity contribution in [2.75, 3.05) is 31.2 Å². The van der Waals surface area contributed by atoms with Gasteiger partial charge in [-0.2, -0.15) is 0 Å². The SMILES string of the molecule is C=S1(=O)NC(=O)c2ccc3c(c2)N(C[C@@H]2CC[C@H]2[C@]2(/C=C/C[C@H](C)[C@H]1C)CCCO2)C[C@@]1(CCCc2cc(Cl)ccc21)CO3. The zero-order chi connectivity index (χ0) is 30.7. The van der Waals surface area contributed by atoms with E-state index in [1.165, 1.54) is 11.1 Å². The Hall–Kier alpha value is -2.48. The standard InChI is InChI=1S/C36H45ClN2O4S/c1-24-7-4-16-36(17-6-18-43-36)31-12-9-28(31)21-39-22-35(15-5-8-26-19-29(37)11-13-30(26)35)23-42-33-14-10-27(20-32(33)39)34(40)38-44(3,41)25(24)2/h4,10-11,13-14,16,19-20,24-25,28,31H,3,5-9,12,15,17-18,21-23H2,1-2H3,(H,38,40,41)/b16-4+/t24-,25+,28-,31+,35-,36-,44?/m0/s1. The molecule has 2 fully saturated rings. The Morgan fingerprint density at radius 1 is 1.11 bits per heavy atom. The number of fused-ring (bicyclic) bond motifs is 5. The van der Waals surface area contributed by atoms with Gasteiger partial charge in [0.05, 0.1) is 27.6 Å². The van der Waals surface area contributed by atoms with Crippen molar-refractivity contribution in [2.24, 2.45) is 17.8 Å². The lowest BCUT2D eigenvalue weighted by molar-refractivity contribution is -0.0626. The Kier molecular flexibility index (Phi) is 7.82. The first kappa shape index (κ1) is 30.2. The van der Waals surface area contributed by atoms with Crippen LogP contribution >= 0.6 is 11.6 Å². The molecule has 3 aliphatic heterocycles. The average Bonchev–Trinajstić information content (AvgIpc) is 3.38. The number of aryl methyl sites for hydroxylation is 1. The average molecular weight is 637 g/mol. The number of ether oxygens (including phenoxy) is 2. The zero-order valence-corrected chi connectivity index (χ0v) is 27.6. The lowest BCUT2D eigenvalue weighted by atomic mass is 9.63. The predicted molar refractivity (Wildman–Crippen MR) is 179 cm³/mol. The molecule has 1 amide bonds. The third-order valence-electron chi connectivity index (χ3n) is 11.5. The fraction of sp³-hybridized carbons (Fsp3) is 0.556. The molecule has 2 aromatic rings. The molecule has 44 heavy (non-hydrogen) atoms. The number of nitrogens with zero attached hydrogens (tertiary/aromatic N) is 1. The number of anilines is 1. The van der Waals surface area contributed by atoms with Crippen molar-refractivity contribution in [3.8, 4) is 5.75 Å². The molecule has 0 radical (unpaired) electrons. The fourth-order valence-corrected chi connectivity index (χ4v) is 10.2. The van der Waals surface area contributed by atoms with Gasteiger partial charge in [0.25, 0.3) is 5.91 Å². The zero-order valence-electron chi connectivity index (χ0n) is 26.0. The summed E-state index contributed by atoms with van der Waals surface area (Å²) in [5.41, 5.74) is 3.62. The van der Waals surface area contributed by atoms with Crippen LogP contribution < -0.4 is 14.4 Å². The number of carbonyl (C=O) groups is 1. The van der Waals surface area contributed by atoms with E-state index in [4.69, 9.17) is 21.1 Å². The summed E-state index contributed by atoms with van der Waals surface area (Å²) in [5, 5.41) is 0.485. The first-order valence-electron chi connectivity index (χ1n) is 16.4.